The first-order valence-electron chi connectivity index (χ1n) is 10.7. The molecule has 2 heterocycles. The van der Waals surface area contributed by atoms with Gasteiger partial charge in [0.25, 0.3) is 11.8 Å². The van der Waals surface area contributed by atoms with E-state index < -0.39 is 6.04 Å². The van der Waals surface area contributed by atoms with Gasteiger partial charge in [-0.15, -0.1) is 11.3 Å². The van der Waals surface area contributed by atoms with Gasteiger partial charge in [-0.05, 0) is 54.1 Å². The molecule has 0 N–H and O–H groups in total. The molecular formula is C26H26N2O3S. The maximum atomic E-state index is 13.5. The van der Waals surface area contributed by atoms with Crippen LogP contribution in [0, 0.1) is 6.92 Å². The lowest BCUT2D eigenvalue weighted by Crippen LogP contribution is -2.45. The molecule has 6 heteroatoms. The second-order valence-electron chi connectivity index (χ2n) is 8.42. The Bertz CT molecular complexity index is 1140. The SMILES string of the molecule is Cc1cccc(C(=O)N(Cc2cccs2)C2CC(=O)N(c3ccc(C(C)C)cc3)C2=O)c1. The van der Waals surface area contributed by atoms with Crippen LogP contribution >= 0.6 is 11.3 Å². The molecular weight excluding hydrogens is 420 g/mol. The van der Waals surface area contributed by atoms with Crippen molar-refractivity contribution in [1.82, 2.24) is 4.90 Å². The zero-order valence-electron chi connectivity index (χ0n) is 18.4. The van der Waals surface area contributed by atoms with Crippen LogP contribution in [0.4, 0.5) is 5.69 Å². The minimum atomic E-state index is -0.831. The number of aryl methyl sites for hydroxylation is 1. The number of hydrogen-bond acceptors (Lipinski definition) is 4. The van der Waals surface area contributed by atoms with E-state index in [1.807, 2.05) is 54.8 Å². The Morgan fingerprint density at radius 2 is 1.84 bits per heavy atom. The van der Waals surface area contributed by atoms with Crippen molar-refractivity contribution in [1.29, 1.82) is 0 Å². The first-order valence-corrected chi connectivity index (χ1v) is 11.6. The molecule has 1 aliphatic rings. The van der Waals surface area contributed by atoms with Crippen molar-refractivity contribution in [3.63, 3.8) is 0 Å². The van der Waals surface area contributed by atoms with Crippen LogP contribution in [0.2, 0.25) is 0 Å². The lowest BCUT2D eigenvalue weighted by molar-refractivity contribution is -0.122. The van der Waals surface area contributed by atoms with Gasteiger partial charge in [0.2, 0.25) is 5.91 Å². The quantitative estimate of drug-likeness (QED) is 0.492. The molecule has 1 aliphatic heterocycles. The van der Waals surface area contributed by atoms with Gasteiger partial charge in [-0.3, -0.25) is 14.4 Å². The summed E-state index contributed by atoms with van der Waals surface area (Å²) in [6.07, 6.45) is -0.0201. The van der Waals surface area contributed by atoms with E-state index in [1.54, 1.807) is 23.1 Å². The molecule has 1 atom stereocenters. The van der Waals surface area contributed by atoms with Crippen LogP contribution in [0.3, 0.4) is 0 Å². The maximum Gasteiger partial charge on any atom is 0.257 e. The van der Waals surface area contributed by atoms with E-state index in [2.05, 4.69) is 13.8 Å². The van der Waals surface area contributed by atoms with Crippen molar-refractivity contribution in [2.75, 3.05) is 4.90 Å². The second-order valence-corrected chi connectivity index (χ2v) is 9.45. The van der Waals surface area contributed by atoms with Gasteiger partial charge in [0.05, 0.1) is 18.7 Å². The van der Waals surface area contributed by atoms with Crippen LogP contribution in [0.15, 0.2) is 66.0 Å². The molecule has 1 fully saturated rings. The molecule has 1 unspecified atom stereocenters. The standard InChI is InChI=1S/C26H26N2O3S/c1-17(2)19-9-11-21(12-10-19)28-24(29)15-23(26(28)31)27(16-22-8-5-13-32-22)25(30)20-7-4-6-18(3)14-20/h4-14,17,23H,15-16H2,1-3H3. The van der Waals surface area contributed by atoms with E-state index in [4.69, 9.17) is 0 Å². The average molecular weight is 447 g/mol. The van der Waals surface area contributed by atoms with Crippen molar-refractivity contribution in [2.24, 2.45) is 0 Å². The van der Waals surface area contributed by atoms with Crippen molar-refractivity contribution in [3.05, 3.63) is 87.6 Å². The Kier molecular flexibility index (Phi) is 6.24. The lowest BCUT2D eigenvalue weighted by atomic mass is 10.0. The highest BCUT2D eigenvalue weighted by Crippen LogP contribution is 2.29. The van der Waals surface area contributed by atoms with Gasteiger partial charge in [-0.2, -0.15) is 0 Å². The number of thiophene rings is 1. The fourth-order valence-electron chi connectivity index (χ4n) is 3.98. The summed E-state index contributed by atoms with van der Waals surface area (Å²) in [5.74, 6) is -0.532. The van der Waals surface area contributed by atoms with E-state index in [0.29, 0.717) is 17.2 Å². The number of benzene rings is 2. The number of carbonyl (C=O) groups is 3. The minimum absolute atomic E-state index is 0.0201. The summed E-state index contributed by atoms with van der Waals surface area (Å²) in [5.41, 5.74) is 3.17. The highest BCUT2D eigenvalue weighted by atomic mass is 32.1. The van der Waals surface area contributed by atoms with Crippen molar-refractivity contribution >= 4 is 34.7 Å². The summed E-state index contributed by atoms with van der Waals surface area (Å²) < 4.78 is 0. The number of rotatable bonds is 6. The summed E-state index contributed by atoms with van der Waals surface area (Å²) in [4.78, 5) is 43.5. The molecule has 5 nitrogen and oxygen atoms in total. The largest absolute Gasteiger partial charge is 0.321 e. The fraction of sp³-hybridized carbons (Fsp3) is 0.269. The summed E-state index contributed by atoms with van der Waals surface area (Å²) in [6.45, 7) is 6.40. The smallest absolute Gasteiger partial charge is 0.257 e. The van der Waals surface area contributed by atoms with Gasteiger partial charge < -0.3 is 4.90 Å². The third-order valence-electron chi connectivity index (χ3n) is 5.75. The third-order valence-corrected chi connectivity index (χ3v) is 6.61. The second kappa shape index (κ2) is 9.09. The summed E-state index contributed by atoms with van der Waals surface area (Å²) in [6, 6.07) is 17.8. The molecule has 0 saturated carbocycles. The van der Waals surface area contributed by atoms with E-state index >= 15 is 0 Å². The van der Waals surface area contributed by atoms with E-state index in [0.717, 1.165) is 16.0 Å². The van der Waals surface area contributed by atoms with Gasteiger partial charge in [0.1, 0.15) is 6.04 Å². The highest BCUT2D eigenvalue weighted by molar-refractivity contribution is 7.09. The number of amides is 3. The molecule has 0 aliphatic carbocycles. The minimum Gasteiger partial charge on any atom is -0.321 e. The summed E-state index contributed by atoms with van der Waals surface area (Å²) >= 11 is 1.53. The molecule has 1 saturated heterocycles. The van der Waals surface area contributed by atoms with Crippen LogP contribution in [0.25, 0.3) is 0 Å². The summed E-state index contributed by atoms with van der Waals surface area (Å²) in [5, 5.41) is 1.94. The van der Waals surface area contributed by atoms with Gasteiger partial charge in [-0.1, -0.05) is 49.7 Å². The number of anilines is 1. The van der Waals surface area contributed by atoms with Gasteiger partial charge in [-0.25, -0.2) is 4.90 Å². The van der Waals surface area contributed by atoms with Gasteiger partial charge in [0, 0.05) is 10.4 Å². The number of imide groups is 1. The van der Waals surface area contributed by atoms with Crippen LogP contribution in [0.1, 0.15) is 52.5 Å². The lowest BCUT2D eigenvalue weighted by Gasteiger charge is -2.27. The Balaban J connectivity index is 1.65. The van der Waals surface area contributed by atoms with Gasteiger partial charge in [0.15, 0.2) is 0 Å². The van der Waals surface area contributed by atoms with Crippen LogP contribution in [0.5, 0.6) is 0 Å². The zero-order chi connectivity index (χ0) is 22.8. The first kappa shape index (κ1) is 22.0. The van der Waals surface area contributed by atoms with Crippen molar-refractivity contribution in [3.8, 4) is 0 Å². The highest BCUT2D eigenvalue weighted by Gasteiger charge is 2.44. The molecule has 0 spiro atoms. The monoisotopic (exact) mass is 446 g/mol. The molecule has 2 aromatic carbocycles. The Morgan fingerprint density at radius 3 is 2.47 bits per heavy atom. The molecule has 4 rings (SSSR count). The molecule has 0 radical (unpaired) electrons. The normalized spacial score (nSPS) is 16.1. The van der Waals surface area contributed by atoms with Gasteiger partial charge >= 0.3 is 0 Å². The zero-order valence-corrected chi connectivity index (χ0v) is 19.3. The third kappa shape index (κ3) is 4.36. The maximum absolute atomic E-state index is 13.5. The van der Waals surface area contributed by atoms with Crippen LogP contribution in [-0.2, 0) is 16.1 Å². The molecule has 1 aromatic heterocycles. The molecule has 3 aromatic rings. The predicted molar refractivity (Wildman–Crippen MR) is 127 cm³/mol. The predicted octanol–water partition coefficient (Wildman–Crippen LogP) is 5.15. The van der Waals surface area contributed by atoms with Crippen LogP contribution in [-0.4, -0.2) is 28.7 Å². The number of hydrogen-bond donors (Lipinski definition) is 0. The molecule has 32 heavy (non-hydrogen) atoms. The fourth-order valence-corrected chi connectivity index (χ4v) is 4.68. The Labute approximate surface area is 192 Å². The average Bonchev–Trinajstić information content (AvgIpc) is 3.39. The van der Waals surface area contributed by atoms with E-state index in [9.17, 15) is 14.4 Å². The van der Waals surface area contributed by atoms with Crippen LogP contribution < -0.4 is 4.90 Å². The Morgan fingerprint density at radius 1 is 1.09 bits per heavy atom. The molecule has 3 amide bonds. The Hall–Kier alpha value is -3.25. The molecule has 0 bridgehead atoms. The summed E-state index contributed by atoms with van der Waals surface area (Å²) in [7, 11) is 0. The van der Waals surface area contributed by atoms with E-state index in [1.165, 1.54) is 16.2 Å². The number of nitrogens with zero attached hydrogens (tertiary/aromatic N) is 2. The van der Waals surface area contributed by atoms with Crippen molar-refractivity contribution < 1.29 is 14.4 Å². The van der Waals surface area contributed by atoms with Crippen molar-refractivity contribution in [2.45, 2.75) is 45.7 Å². The number of carbonyl (C=O) groups excluding carboxylic acids is 3. The van der Waals surface area contributed by atoms with E-state index in [-0.39, 0.29) is 30.7 Å². The topological polar surface area (TPSA) is 57.7 Å². The first-order chi connectivity index (χ1) is 15.3. The molecule has 164 valence electrons.